The Hall–Kier alpha value is -1.06. The standard InChI is InChI=1S/C11H16N2O/c14-11-6-10(13-8-11)7-12-9-4-2-1-3-5-9/h1-5,10-14H,6-8H2. The summed E-state index contributed by atoms with van der Waals surface area (Å²) in [5.41, 5.74) is 1.13. The van der Waals surface area contributed by atoms with Gasteiger partial charge in [-0.15, -0.1) is 0 Å². The van der Waals surface area contributed by atoms with Gasteiger partial charge in [-0.3, -0.25) is 0 Å². The average Bonchev–Trinajstić information content (AvgIpc) is 2.63. The number of hydrogen-bond donors (Lipinski definition) is 3. The number of anilines is 1. The van der Waals surface area contributed by atoms with E-state index in [9.17, 15) is 5.11 Å². The highest BCUT2D eigenvalue weighted by atomic mass is 16.3. The zero-order valence-electron chi connectivity index (χ0n) is 8.11. The summed E-state index contributed by atoms with van der Waals surface area (Å²) in [7, 11) is 0. The van der Waals surface area contributed by atoms with Gasteiger partial charge in [-0.25, -0.2) is 0 Å². The SMILES string of the molecule is OC1CNC(CNc2ccccc2)C1. The molecule has 0 saturated carbocycles. The summed E-state index contributed by atoms with van der Waals surface area (Å²) < 4.78 is 0. The molecule has 3 heteroatoms. The summed E-state index contributed by atoms with van der Waals surface area (Å²) in [6.07, 6.45) is 0.678. The van der Waals surface area contributed by atoms with Crippen molar-refractivity contribution in [3.8, 4) is 0 Å². The van der Waals surface area contributed by atoms with Crippen molar-refractivity contribution in [3.05, 3.63) is 30.3 Å². The van der Waals surface area contributed by atoms with Gasteiger partial charge >= 0.3 is 0 Å². The fraction of sp³-hybridized carbons (Fsp3) is 0.455. The Kier molecular flexibility index (Phi) is 3.01. The number of β-amino-alcohol motifs (C(OH)–C–C–N with tert-alkyl or cyclic N) is 1. The molecule has 1 aliphatic rings. The molecule has 1 fully saturated rings. The molecule has 1 heterocycles. The molecule has 0 bridgehead atoms. The van der Waals surface area contributed by atoms with Crippen molar-refractivity contribution in [2.45, 2.75) is 18.6 Å². The minimum absolute atomic E-state index is 0.169. The number of rotatable bonds is 3. The number of nitrogens with one attached hydrogen (secondary N) is 2. The third kappa shape index (κ3) is 2.47. The van der Waals surface area contributed by atoms with E-state index in [4.69, 9.17) is 0 Å². The molecule has 1 aromatic carbocycles. The van der Waals surface area contributed by atoms with Crippen molar-refractivity contribution in [2.75, 3.05) is 18.4 Å². The lowest BCUT2D eigenvalue weighted by atomic mass is 10.2. The van der Waals surface area contributed by atoms with Gasteiger partial charge in [0.15, 0.2) is 0 Å². The van der Waals surface area contributed by atoms with Gasteiger partial charge in [-0.05, 0) is 18.6 Å². The maximum Gasteiger partial charge on any atom is 0.0680 e. The Morgan fingerprint density at radius 3 is 2.79 bits per heavy atom. The van der Waals surface area contributed by atoms with E-state index in [0.717, 1.165) is 25.2 Å². The van der Waals surface area contributed by atoms with Crippen molar-refractivity contribution in [3.63, 3.8) is 0 Å². The zero-order valence-corrected chi connectivity index (χ0v) is 8.11. The van der Waals surface area contributed by atoms with E-state index in [2.05, 4.69) is 10.6 Å². The number of benzene rings is 1. The second-order valence-electron chi connectivity index (χ2n) is 3.74. The van der Waals surface area contributed by atoms with Crippen LogP contribution in [0.15, 0.2) is 30.3 Å². The molecule has 0 aliphatic carbocycles. The summed E-state index contributed by atoms with van der Waals surface area (Å²) in [6.45, 7) is 1.60. The number of para-hydroxylation sites is 1. The maximum atomic E-state index is 9.31. The minimum Gasteiger partial charge on any atom is -0.392 e. The molecule has 1 saturated heterocycles. The van der Waals surface area contributed by atoms with Crippen LogP contribution in [0.2, 0.25) is 0 Å². The molecule has 2 unspecified atom stereocenters. The molecule has 2 atom stereocenters. The quantitative estimate of drug-likeness (QED) is 0.664. The van der Waals surface area contributed by atoms with E-state index in [-0.39, 0.29) is 6.10 Å². The van der Waals surface area contributed by atoms with Crippen LogP contribution in [0.4, 0.5) is 5.69 Å². The summed E-state index contributed by atoms with van der Waals surface area (Å²) >= 11 is 0. The van der Waals surface area contributed by atoms with E-state index in [0.29, 0.717) is 6.04 Å². The highest BCUT2D eigenvalue weighted by Crippen LogP contribution is 2.09. The second kappa shape index (κ2) is 4.44. The summed E-state index contributed by atoms with van der Waals surface area (Å²) in [5, 5.41) is 15.9. The van der Waals surface area contributed by atoms with Gasteiger partial charge in [0, 0.05) is 24.8 Å². The van der Waals surface area contributed by atoms with Crippen LogP contribution in [0, 0.1) is 0 Å². The molecule has 0 spiro atoms. The topological polar surface area (TPSA) is 44.3 Å². The summed E-state index contributed by atoms with van der Waals surface area (Å²) in [6, 6.07) is 10.5. The first-order chi connectivity index (χ1) is 6.84. The van der Waals surface area contributed by atoms with Crippen LogP contribution in [-0.2, 0) is 0 Å². The number of aliphatic hydroxyl groups is 1. The van der Waals surface area contributed by atoms with Gasteiger partial charge in [0.05, 0.1) is 6.10 Å². The van der Waals surface area contributed by atoms with E-state index in [1.165, 1.54) is 0 Å². The van der Waals surface area contributed by atoms with Crippen LogP contribution in [-0.4, -0.2) is 30.3 Å². The van der Waals surface area contributed by atoms with Crippen LogP contribution in [0.3, 0.4) is 0 Å². The van der Waals surface area contributed by atoms with Crippen molar-refractivity contribution in [1.82, 2.24) is 5.32 Å². The molecule has 0 aromatic heterocycles. The fourth-order valence-electron chi connectivity index (χ4n) is 1.75. The lowest BCUT2D eigenvalue weighted by Gasteiger charge is -2.12. The number of hydrogen-bond acceptors (Lipinski definition) is 3. The average molecular weight is 192 g/mol. The van der Waals surface area contributed by atoms with Crippen LogP contribution >= 0.6 is 0 Å². The molecular formula is C11H16N2O. The molecule has 3 N–H and O–H groups in total. The molecule has 1 aromatic rings. The molecular weight excluding hydrogens is 176 g/mol. The Morgan fingerprint density at radius 2 is 2.14 bits per heavy atom. The van der Waals surface area contributed by atoms with Gasteiger partial charge in [0.1, 0.15) is 0 Å². The zero-order chi connectivity index (χ0) is 9.80. The lowest BCUT2D eigenvalue weighted by molar-refractivity contribution is 0.193. The molecule has 2 rings (SSSR count). The van der Waals surface area contributed by atoms with Crippen LogP contribution in [0.25, 0.3) is 0 Å². The first-order valence-corrected chi connectivity index (χ1v) is 5.05. The van der Waals surface area contributed by atoms with Crippen molar-refractivity contribution < 1.29 is 5.11 Å². The van der Waals surface area contributed by atoms with E-state index in [1.54, 1.807) is 0 Å². The second-order valence-corrected chi connectivity index (χ2v) is 3.74. The maximum absolute atomic E-state index is 9.31. The Balaban J connectivity index is 1.78. The predicted octanol–water partition coefficient (Wildman–Crippen LogP) is 0.821. The van der Waals surface area contributed by atoms with Gasteiger partial charge in [-0.2, -0.15) is 0 Å². The van der Waals surface area contributed by atoms with Crippen molar-refractivity contribution in [2.24, 2.45) is 0 Å². The minimum atomic E-state index is -0.169. The van der Waals surface area contributed by atoms with Crippen LogP contribution in [0.1, 0.15) is 6.42 Å². The van der Waals surface area contributed by atoms with Crippen LogP contribution < -0.4 is 10.6 Å². The Morgan fingerprint density at radius 1 is 1.36 bits per heavy atom. The van der Waals surface area contributed by atoms with E-state index < -0.39 is 0 Å². The summed E-state index contributed by atoms with van der Waals surface area (Å²) in [4.78, 5) is 0. The normalized spacial score (nSPS) is 26.4. The van der Waals surface area contributed by atoms with Gasteiger partial charge in [-0.1, -0.05) is 18.2 Å². The predicted molar refractivity (Wildman–Crippen MR) is 57.3 cm³/mol. The van der Waals surface area contributed by atoms with Gasteiger partial charge < -0.3 is 15.7 Å². The number of aliphatic hydroxyl groups excluding tert-OH is 1. The molecule has 76 valence electrons. The largest absolute Gasteiger partial charge is 0.392 e. The fourth-order valence-corrected chi connectivity index (χ4v) is 1.75. The first-order valence-electron chi connectivity index (χ1n) is 5.05. The van der Waals surface area contributed by atoms with Gasteiger partial charge in [0.25, 0.3) is 0 Å². The van der Waals surface area contributed by atoms with E-state index >= 15 is 0 Å². The highest BCUT2D eigenvalue weighted by Gasteiger charge is 2.21. The van der Waals surface area contributed by atoms with Crippen LogP contribution in [0.5, 0.6) is 0 Å². The van der Waals surface area contributed by atoms with Crippen molar-refractivity contribution in [1.29, 1.82) is 0 Å². The Bertz CT molecular complexity index is 276. The highest BCUT2D eigenvalue weighted by molar-refractivity contribution is 5.42. The third-order valence-electron chi connectivity index (χ3n) is 2.53. The molecule has 0 amide bonds. The lowest BCUT2D eigenvalue weighted by Crippen LogP contribution is -2.29. The molecule has 3 nitrogen and oxygen atoms in total. The smallest absolute Gasteiger partial charge is 0.0680 e. The summed E-state index contributed by atoms with van der Waals surface area (Å²) in [5.74, 6) is 0. The molecule has 14 heavy (non-hydrogen) atoms. The van der Waals surface area contributed by atoms with Crippen molar-refractivity contribution >= 4 is 5.69 Å². The third-order valence-corrected chi connectivity index (χ3v) is 2.53. The Labute approximate surface area is 84.1 Å². The molecule has 1 aliphatic heterocycles. The monoisotopic (exact) mass is 192 g/mol. The van der Waals surface area contributed by atoms with E-state index in [1.807, 2.05) is 30.3 Å². The molecule has 0 radical (unpaired) electrons. The van der Waals surface area contributed by atoms with Gasteiger partial charge in [0.2, 0.25) is 0 Å². The first kappa shape index (κ1) is 9.49.